The quantitative estimate of drug-likeness (QED) is 0.236. The lowest BCUT2D eigenvalue weighted by Crippen LogP contribution is -2.41. The van der Waals surface area contributed by atoms with Crippen molar-refractivity contribution in [1.29, 1.82) is 0 Å². The zero-order valence-corrected chi connectivity index (χ0v) is 12.9. The summed E-state index contributed by atoms with van der Waals surface area (Å²) in [6.07, 6.45) is 1.70. The molecule has 0 aromatic rings. The number of rotatable bonds is 7. The smallest absolute Gasteiger partial charge is 0.324 e. The monoisotopic (exact) mass is 330 g/mol. The molecule has 0 N–H and O–H groups in total. The van der Waals surface area contributed by atoms with Crippen LogP contribution in [0, 0.1) is 17.3 Å². The summed E-state index contributed by atoms with van der Waals surface area (Å²) in [5, 5.41) is 0.475. The topological polar surface area (TPSA) is 52.6 Å². The summed E-state index contributed by atoms with van der Waals surface area (Å²) in [5.74, 6) is 4.34. The highest BCUT2D eigenvalue weighted by molar-refractivity contribution is 9.09. The molecule has 0 aliphatic carbocycles. The zero-order chi connectivity index (χ0) is 14.7. The third-order valence-corrected chi connectivity index (χ3v) is 2.69. The number of carbonyl (C=O) groups is 2. The Kier molecular flexibility index (Phi) is 8.98. The first-order valence-corrected chi connectivity index (χ1v) is 7.18. The van der Waals surface area contributed by atoms with Crippen LogP contribution in [0.5, 0.6) is 0 Å². The highest BCUT2D eigenvalue weighted by Gasteiger charge is 2.47. The Bertz CT molecular complexity index is 361. The fraction of sp³-hybridized carbons (Fsp3) is 0.571. The maximum Gasteiger partial charge on any atom is 0.324 e. The van der Waals surface area contributed by atoms with Gasteiger partial charge in [-0.05, 0) is 20.3 Å². The van der Waals surface area contributed by atoms with Gasteiger partial charge in [0.15, 0.2) is 5.41 Å². The third-order valence-electron chi connectivity index (χ3n) is 2.41. The fourth-order valence-corrected chi connectivity index (χ4v) is 1.71. The van der Waals surface area contributed by atoms with Gasteiger partial charge in [0.2, 0.25) is 0 Å². The first-order valence-electron chi connectivity index (χ1n) is 6.06. The van der Waals surface area contributed by atoms with Crippen LogP contribution < -0.4 is 0 Å². The van der Waals surface area contributed by atoms with E-state index in [2.05, 4.69) is 34.3 Å². The first-order chi connectivity index (χ1) is 9.08. The largest absolute Gasteiger partial charge is 0.465 e. The van der Waals surface area contributed by atoms with Gasteiger partial charge in [0.1, 0.15) is 0 Å². The van der Waals surface area contributed by atoms with E-state index in [1.807, 2.05) is 0 Å². The molecule has 0 saturated carbocycles. The number of esters is 2. The number of carbonyl (C=O) groups excluding carboxylic acids is 2. The van der Waals surface area contributed by atoms with Crippen molar-refractivity contribution in [2.24, 2.45) is 5.41 Å². The molecule has 0 atom stereocenters. The number of halogens is 1. The molecule has 106 valence electrons. The van der Waals surface area contributed by atoms with Crippen molar-refractivity contribution in [2.75, 3.05) is 18.5 Å². The van der Waals surface area contributed by atoms with Crippen molar-refractivity contribution in [3.05, 3.63) is 12.7 Å². The molecule has 0 aromatic heterocycles. The summed E-state index contributed by atoms with van der Waals surface area (Å²) in [5.41, 5.74) is -1.41. The fourth-order valence-electron chi connectivity index (χ4n) is 1.51. The Balaban J connectivity index is 5.37. The molecular weight excluding hydrogens is 312 g/mol. The van der Waals surface area contributed by atoms with E-state index in [0.29, 0.717) is 5.33 Å². The molecule has 5 heteroatoms. The molecular formula is C14H19BrO4. The van der Waals surface area contributed by atoms with Crippen LogP contribution in [0.2, 0.25) is 0 Å². The molecule has 19 heavy (non-hydrogen) atoms. The highest BCUT2D eigenvalue weighted by Crippen LogP contribution is 2.31. The third kappa shape index (κ3) is 5.07. The van der Waals surface area contributed by atoms with E-state index in [1.165, 1.54) is 6.08 Å². The van der Waals surface area contributed by atoms with Crippen molar-refractivity contribution in [1.82, 2.24) is 0 Å². The van der Waals surface area contributed by atoms with Crippen molar-refractivity contribution < 1.29 is 19.1 Å². The van der Waals surface area contributed by atoms with E-state index < -0.39 is 17.4 Å². The van der Waals surface area contributed by atoms with Gasteiger partial charge >= 0.3 is 11.9 Å². The Morgan fingerprint density at radius 2 is 1.74 bits per heavy atom. The minimum atomic E-state index is -1.41. The van der Waals surface area contributed by atoms with Crippen LogP contribution in [-0.2, 0) is 19.1 Å². The molecule has 0 fully saturated rings. The van der Waals surface area contributed by atoms with Crippen LogP contribution in [0.1, 0.15) is 26.7 Å². The Hall–Kier alpha value is -1.28. The highest BCUT2D eigenvalue weighted by atomic mass is 79.9. The van der Waals surface area contributed by atoms with E-state index in [-0.39, 0.29) is 26.1 Å². The molecule has 0 rings (SSSR count). The lowest BCUT2D eigenvalue weighted by Gasteiger charge is -2.26. The van der Waals surface area contributed by atoms with E-state index in [1.54, 1.807) is 13.8 Å². The van der Waals surface area contributed by atoms with Crippen molar-refractivity contribution in [2.45, 2.75) is 26.7 Å². The van der Waals surface area contributed by atoms with Gasteiger partial charge in [0.05, 0.1) is 18.5 Å². The van der Waals surface area contributed by atoms with E-state index in [9.17, 15) is 9.59 Å². The minimum Gasteiger partial charge on any atom is -0.465 e. The van der Waals surface area contributed by atoms with Crippen molar-refractivity contribution in [3.8, 4) is 11.8 Å². The standard InChI is InChI=1S/C14H19BrO4/c1-4-9-14(10-7-8-11-15,12(16)18-5-2)13(17)19-6-3/h4H,1,5-6,9-11H2,2-3H3. The number of ether oxygens (including phenoxy) is 2. The summed E-state index contributed by atoms with van der Waals surface area (Å²) in [4.78, 5) is 24.2. The van der Waals surface area contributed by atoms with E-state index >= 15 is 0 Å². The second kappa shape index (κ2) is 9.62. The average Bonchev–Trinajstić information content (AvgIpc) is 2.38. The minimum absolute atomic E-state index is 0.0578. The Morgan fingerprint density at radius 3 is 2.11 bits per heavy atom. The Labute approximate surface area is 122 Å². The number of hydrogen-bond acceptors (Lipinski definition) is 4. The van der Waals surface area contributed by atoms with Crippen LogP contribution in [0.15, 0.2) is 12.7 Å². The van der Waals surface area contributed by atoms with Crippen LogP contribution in [0.4, 0.5) is 0 Å². The predicted molar refractivity (Wildman–Crippen MR) is 76.7 cm³/mol. The normalized spacial score (nSPS) is 10.1. The van der Waals surface area contributed by atoms with E-state index in [4.69, 9.17) is 9.47 Å². The van der Waals surface area contributed by atoms with Crippen LogP contribution in [0.3, 0.4) is 0 Å². The molecule has 0 aliphatic heterocycles. The van der Waals surface area contributed by atoms with Gasteiger partial charge in [-0.3, -0.25) is 9.59 Å². The van der Waals surface area contributed by atoms with Gasteiger partial charge in [-0.1, -0.05) is 27.9 Å². The number of hydrogen-bond donors (Lipinski definition) is 0. The zero-order valence-electron chi connectivity index (χ0n) is 11.3. The summed E-state index contributed by atoms with van der Waals surface area (Å²) in [6, 6.07) is 0. The number of allylic oxidation sites excluding steroid dienone is 1. The van der Waals surface area contributed by atoms with Crippen LogP contribution in [0.25, 0.3) is 0 Å². The summed E-state index contributed by atoms with van der Waals surface area (Å²) < 4.78 is 9.98. The molecule has 0 saturated heterocycles. The lowest BCUT2D eigenvalue weighted by molar-refractivity contribution is -0.171. The van der Waals surface area contributed by atoms with Crippen LogP contribution >= 0.6 is 15.9 Å². The molecule has 0 aliphatic rings. The molecule has 0 heterocycles. The van der Waals surface area contributed by atoms with Gasteiger partial charge in [-0.2, -0.15) is 0 Å². The molecule has 0 aromatic carbocycles. The lowest BCUT2D eigenvalue weighted by atomic mass is 9.81. The summed E-state index contributed by atoms with van der Waals surface area (Å²) in [7, 11) is 0. The second-order valence-corrected chi connectivity index (χ2v) is 4.24. The van der Waals surface area contributed by atoms with Crippen LogP contribution in [-0.4, -0.2) is 30.5 Å². The molecule has 0 spiro atoms. The molecule has 0 radical (unpaired) electrons. The maximum atomic E-state index is 12.1. The van der Waals surface area contributed by atoms with Crippen molar-refractivity contribution >= 4 is 27.9 Å². The van der Waals surface area contributed by atoms with Gasteiger partial charge in [0.25, 0.3) is 0 Å². The first kappa shape index (κ1) is 17.7. The SMILES string of the molecule is C=CCC(CC#CCBr)(C(=O)OCC)C(=O)OCC. The van der Waals surface area contributed by atoms with Gasteiger partial charge in [-0.15, -0.1) is 12.5 Å². The average molecular weight is 331 g/mol. The Morgan fingerprint density at radius 1 is 1.21 bits per heavy atom. The predicted octanol–water partition coefficient (Wildman–Crippen LogP) is 2.46. The summed E-state index contributed by atoms with van der Waals surface area (Å²) >= 11 is 3.17. The van der Waals surface area contributed by atoms with Gasteiger partial charge in [-0.25, -0.2) is 0 Å². The van der Waals surface area contributed by atoms with Gasteiger partial charge < -0.3 is 9.47 Å². The second-order valence-electron chi connectivity index (χ2n) is 3.68. The molecule has 4 nitrogen and oxygen atoms in total. The molecule has 0 unspecified atom stereocenters. The van der Waals surface area contributed by atoms with E-state index in [0.717, 1.165) is 0 Å². The molecule has 0 amide bonds. The molecule has 0 bridgehead atoms. The summed E-state index contributed by atoms with van der Waals surface area (Å²) in [6.45, 7) is 7.35. The van der Waals surface area contributed by atoms with Crippen molar-refractivity contribution in [3.63, 3.8) is 0 Å². The van der Waals surface area contributed by atoms with Gasteiger partial charge in [0, 0.05) is 6.42 Å². The maximum absolute atomic E-state index is 12.1. The number of alkyl halides is 1.